The third-order valence-electron chi connectivity index (χ3n) is 5.58. The van der Waals surface area contributed by atoms with Gasteiger partial charge in [-0.15, -0.1) is 21.5 Å². The van der Waals surface area contributed by atoms with Crippen LogP contribution >= 0.6 is 22.9 Å². The van der Waals surface area contributed by atoms with Gasteiger partial charge in [-0.05, 0) is 38.8 Å². The average Bonchev–Trinajstić information content (AvgIpc) is 3.23. The van der Waals surface area contributed by atoms with Crippen molar-refractivity contribution < 1.29 is 4.79 Å². The van der Waals surface area contributed by atoms with Crippen LogP contribution in [-0.4, -0.2) is 44.0 Å². The van der Waals surface area contributed by atoms with E-state index in [0.29, 0.717) is 24.7 Å². The van der Waals surface area contributed by atoms with Gasteiger partial charge < -0.3 is 10.2 Å². The molecule has 0 saturated carbocycles. The summed E-state index contributed by atoms with van der Waals surface area (Å²) in [5.41, 5.74) is 4.15. The number of nitrogens with one attached hydrogen (secondary N) is 1. The van der Waals surface area contributed by atoms with Crippen LogP contribution in [0, 0.1) is 6.92 Å². The number of carbonyl (C=O) groups excluding carboxylic acids is 1. The monoisotopic (exact) mass is 454 g/mol. The van der Waals surface area contributed by atoms with Gasteiger partial charge in [-0.1, -0.05) is 29.8 Å². The number of thiophene rings is 1. The summed E-state index contributed by atoms with van der Waals surface area (Å²) in [6.07, 6.45) is 0.770. The molecule has 0 radical (unpaired) electrons. The summed E-state index contributed by atoms with van der Waals surface area (Å²) in [7, 11) is 0. The molecule has 0 atom stereocenters. The van der Waals surface area contributed by atoms with E-state index in [4.69, 9.17) is 16.6 Å². The van der Waals surface area contributed by atoms with E-state index in [2.05, 4.69) is 20.1 Å². The highest BCUT2D eigenvalue weighted by molar-refractivity contribution is 7.15. The minimum Gasteiger partial charge on any atom is -0.336 e. The van der Waals surface area contributed by atoms with Gasteiger partial charge in [0.1, 0.15) is 17.4 Å². The smallest absolute Gasteiger partial charge is 0.317 e. The molecule has 31 heavy (non-hydrogen) atoms. The first kappa shape index (κ1) is 20.2. The predicted octanol–water partition coefficient (Wildman–Crippen LogP) is 4.12. The number of fused-ring (bicyclic) bond motifs is 5. The van der Waals surface area contributed by atoms with E-state index < -0.39 is 0 Å². The summed E-state index contributed by atoms with van der Waals surface area (Å²) in [5, 5.41) is 13.4. The Morgan fingerprint density at radius 3 is 2.84 bits per heavy atom. The van der Waals surface area contributed by atoms with Crippen LogP contribution in [-0.2, 0) is 19.5 Å². The summed E-state index contributed by atoms with van der Waals surface area (Å²) in [5.74, 6) is 1.65. The molecular weight excluding hydrogens is 432 g/mol. The molecule has 0 unspecified atom stereocenters. The van der Waals surface area contributed by atoms with E-state index in [1.54, 1.807) is 11.3 Å². The molecule has 0 saturated heterocycles. The van der Waals surface area contributed by atoms with Crippen molar-refractivity contribution in [2.24, 2.45) is 4.99 Å². The van der Waals surface area contributed by atoms with E-state index in [1.165, 1.54) is 10.4 Å². The second-order valence-corrected chi connectivity index (χ2v) is 9.59. The Balaban J connectivity index is 1.65. The Bertz CT molecular complexity index is 1210. The third kappa shape index (κ3) is 3.43. The molecule has 0 fully saturated rings. The van der Waals surface area contributed by atoms with Crippen LogP contribution in [0.4, 0.5) is 4.79 Å². The number of aliphatic imine (C=N–C) groups is 1. The fourth-order valence-electron chi connectivity index (χ4n) is 4.18. The molecule has 3 aromatic rings. The van der Waals surface area contributed by atoms with Gasteiger partial charge in [0.05, 0.1) is 12.3 Å². The molecule has 1 aromatic carbocycles. The van der Waals surface area contributed by atoms with Crippen LogP contribution in [0.1, 0.15) is 47.1 Å². The van der Waals surface area contributed by atoms with Crippen LogP contribution in [0.5, 0.6) is 0 Å². The number of amides is 2. The maximum Gasteiger partial charge on any atom is 0.317 e. The first-order valence-electron chi connectivity index (χ1n) is 10.3. The number of rotatable bonds is 2. The maximum absolute atomic E-state index is 12.6. The number of nitrogens with zero attached hydrogens (tertiary/aromatic N) is 5. The highest BCUT2D eigenvalue weighted by Gasteiger charge is 2.33. The van der Waals surface area contributed by atoms with E-state index in [-0.39, 0.29) is 12.1 Å². The predicted molar refractivity (Wildman–Crippen MR) is 123 cm³/mol. The molecule has 2 aliphatic rings. The van der Waals surface area contributed by atoms with E-state index >= 15 is 0 Å². The fraction of sp³-hybridized carbons (Fsp3) is 0.364. The third-order valence-corrected chi connectivity index (χ3v) is 7.11. The molecule has 0 bridgehead atoms. The largest absolute Gasteiger partial charge is 0.336 e. The lowest BCUT2D eigenvalue weighted by molar-refractivity contribution is 0.190. The first-order valence-corrected chi connectivity index (χ1v) is 11.5. The quantitative estimate of drug-likeness (QED) is 0.632. The summed E-state index contributed by atoms with van der Waals surface area (Å²) < 4.78 is 2.10. The Labute approximate surface area is 189 Å². The molecule has 2 aliphatic heterocycles. The number of carbonyl (C=O) groups is 1. The summed E-state index contributed by atoms with van der Waals surface area (Å²) in [6.45, 7) is 7.60. The number of benzene rings is 1. The molecule has 2 amide bonds. The topological polar surface area (TPSA) is 75.4 Å². The molecule has 160 valence electrons. The molecule has 0 spiro atoms. The van der Waals surface area contributed by atoms with Crippen molar-refractivity contribution in [2.75, 3.05) is 6.54 Å². The van der Waals surface area contributed by atoms with Crippen molar-refractivity contribution >= 4 is 34.7 Å². The van der Waals surface area contributed by atoms with Crippen molar-refractivity contribution in [1.29, 1.82) is 0 Å². The zero-order chi connectivity index (χ0) is 21.7. The number of hydrogen-bond donors (Lipinski definition) is 1. The van der Waals surface area contributed by atoms with Crippen molar-refractivity contribution in [3.63, 3.8) is 0 Å². The fourth-order valence-corrected chi connectivity index (χ4v) is 5.83. The van der Waals surface area contributed by atoms with E-state index in [9.17, 15) is 4.79 Å². The SMILES string of the molecule is Cc1nnc2n1-c1sc3c(c1C(c1ccccc1Cl)=NC2)CCN(C(=O)NC(C)C)C3. The van der Waals surface area contributed by atoms with Gasteiger partial charge in [0, 0.05) is 33.6 Å². The zero-order valence-electron chi connectivity index (χ0n) is 17.6. The molecule has 7 nitrogen and oxygen atoms in total. The normalized spacial score (nSPS) is 15.1. The minimum atomic E-state index is -0.0228. The van der Waals surface area contributed by atoms with E-state index in [1.807, 2.05) is 49.9 Å². The van der Waals surface area contributed by atoms with Crippen LogP contribution in [0.2, 0.25) is 5.02 Å². The number of hydrogen-bond acceptors (Lipinski definition) is 5. The molecule has 9 heteroatoms. The van der Waals surface area contributed by atoms with Gasteiger partial charge in [-0.3, -0.25) is 9.56 Å². The van der Waals surface area contributed by atoms with Gasteiger partial charge >= 0.3 is 6.03 Å². The lowest BCUT2D eigenvalue weighted by atomic mass is 9.95. The summed E-state index contributed by atoms with van der Waals surface area (Å²) >= 11 is 8.28. The van der Waals surface area contributed by atoms with Crippen molar-refractivity contribution in [1.82, 2.24) is 25.0 Å². The second kappa shape index (κ2) is 7.76. The van der Waals surface area contributed by atoms with Crippen LogP contribution in [0.3, 0.4) is 0 Å². The molecule has 4 heterocycles. The van der Waals surface area contributed by atoms with Gasteiger partial charge in [0.25, 0.3) is 0 Å². The number of aryl methyl sites for hydroxylation is 1. The van der Waals surface area contributed by atoms with Crippen LogP contribution in [0.25, 0.3) is 5.00 Å². The average molecular weight is 455 g/mol. The maximum atomic E-state index is 12.6. The highest BCUT2D eigenvalue weighted by atomic mass is 35.5. The van der Waals surface area contributed by atoms with Crippen molar-refractivity contribution in [3.05, 3.63) is 62.5 Å². The molecular formula is C22H23ClN6OS. The lowest BCUT2D eigenvalue weighted by Gasteiger charge is -2.28. The van der Waals surface area contributed by atoms with Gasteiger partial charge in [0.2, 0.25) is 0 Å². The van der Waals surface area contributed by atoms with Gasteiger partial charge in [-0.2, -0.15) is 0 Å². The standard InChI is InChI=1S/C22H23ClN6OS/c1-12(2)25-22(30)28-9-8-15-17(11-28)31-21-19(15)20(14-6-4-5-7-16(14)23)24-10-18-27-26-13(3)29(18)21/h4-7,12H,8-11H2,1-3H3,(H,25,30). The van der Waals surface area contributed by atoms with Crippen molar-refractivity contribution in [2.45, 2.75) is 46.3 Å². The van der Waals surface area contributed by atoms with Crippen LogP contribution < -0.4 is 5.32 Å². The first-order chi connectivity index (χ1) is 14.9. The molecule has 1 N–H and O–H groups in total. The second-order valence-electron chi connectivity index (χ2n) is 8.10. The van der Waals surface area contributed by atoms with Crippen molar-refractivity contribution in [3.8, 4) is 5.00 Å². The zero-order valence-corrected chi connectivity index (χ0v) is 19.2. The van der Waals surface area contributed by atoms with E-state index in [0.717, 1.165) is 39.9 Å². The molecule has 5 rings (SSSR count). The van der Waals surface area contributed by atoms with Gasteiger partial charge in [-0.25, -0.2) is 4.79 Å². The summed E-state index contributed by atoms with van der Waals surface area (Å²) in [6, 6.07) is 7.90. The highest BCUT2D eigenvalue weighted by Crippen LogP contribution is 2.40. The molecule has 2 aromatic heterocycles. The van der Waals surface area contributed by atoms with Gasteiger partial charge in [0.15, 0.2) is 5.82 Å². The Hall–Kier alpha value is -2.71. The number of halogens is 1. The van der Waals surface area contributed by atoms with Crippen LogP contribution in [0.15, 0.2) is 29.3 Å². The Morgan fingerprint density at radius 1 is 1.26 bits per heavy atom. The Kier molecular flexibility index (Phi) is 5.06. The molecule has 0 aliphatic carbocycles. The number of urea groups is 1. The lowest BCUT2D eigenvalue weighted by Crippen LogP contribution is -2.44. The minimum absolute atomic E-state index is 0.0228. The number of aromatic nitrogens is 3. The Morgan fingerprint density at radius 2 is 2.06 bits per heavy atom. The summed E-state index contributed by atoms with van der Waals surface area (Å²) in [4.78, 5) is 20.6.